The lowest BCUT2D eigenvalue weighted by Crippen LogP contribution is -2.47. The Kier molecular flexibility index (Phi) is 17.9. The number of nitrogens with one attached hydrogen (secondary N) is 3. The molecule has 0 unspecified atom stereocenters. The molecule has 2 aromatic rings. The third-order valence-corrected chi connectivity index (χ3v) is 6.77. The molecular formula is C29H42FN7O9. The van der Waals surface area contributed by atoms with E-state index in [2.05, 4.69) is 15.6 Å². The van der Waals surface area contributed by atoms with E-state index in [9.17, 15) is 38.4 Å². The summed E-state index contributed by atoms with van der Waals surface area (Å²) in [6.45, 7) is 3.47. The van der Waals surface area contributed by atoms with Crippen molar-refractivity contribution in [1.82, 2.24) is 38.3 Å². The highest BCUT2D eigenvalue weighted by atomic mass is 19.1. The van der Waals surface area contributed by atoms with E-state index in [1.807, 2.05) is 12.2 Å². The second-order valence-corrected chi connectivity index (χ2v) is 9.85. The molecule has 0 spiro atoms. The van der Waals surface area contributed by atoms with Gasteiger partial charge in [0, 0.05) is 5.56 Å². The fourth-order valence-electron chi connectivity index (χ4n) is 4.47. The summed E-state index contributed by atoms with van der Waals surface area (Å²) in [6.07, 6.45) is 2.60. The maximum absolute atomic E-state index is 14.8. The first kappa shape index (κ1) is 41.0. The van der Waals surface area contributed by atoms with Gasteiger partial charge in [-0.2, -0.15) is 0 Å². The van der Waals surface area contributed by atoms with Crippen molar-refractivity contribution in [3.63, 3.8) is 0 Å². The minimum atomic E-state index is -1.76. The zero-order valence-electron chi connectivity index (χ0n) is 25.7. The maximum Gasteiger partial charge on any atom is 0.326 e. The van der Waals surface area contributed by atoms with E-state index in [0.717, 1.165) is 25.0 Å². The quantitative estimate of drug-likeness (QED) is 0.0379. The second kappa shape index (κ2) is 20.1. The fourth-order valence-corrected chi connectivity index (χ4v) is 4.47. The van der Waals surface area contributed by atoms with Gasteiger partial charge in [0.1, 0.15) is 17.6 Å². The zero-order chi connectivity index (χ0) is 32.8. The number of halogens is 1. The van der Waals surface area contributed by atoms with Gasteiger partial charge in [0.15, 0.2) is 0 Å². The number of unbranched alkanes of at least 4 members (excludes halogenated alkanes) is 2. The van der Waals surface area contributed by atoms with Crippen LogP contribution in [0, 0.1) is 11.7 Å². The Morgan fingerprint density at radius 1 is 1.00 bits per heavy atom. The number of rotatable bonds is 18. The van der Waals surface area contributed by atoms with Crippen LogP contribution in [0.4, 0.5) is 4.39 Å². The molecule has 2 rings (SSSR count). The van der Waals surface area contributed by atoms with Crippen LogP contribution in [-0.2, 0) is 19.2 Å². The molecule has 4 amide bonds. The highest BCUT2D eigenvalue weighted by Crippen LogP contribution is 2.22. The Morgan fingerprint density at radius 2 is 1.70 bits per heavy atom. The molecule has 0 bridgehead atoms. The van der Waals surface area contributed by atoms with Crippen molar-refractivity contribution in [2.45, 2.75) is 64.5 Å². The van der Waals surface area contributed by atoms with Crippen LogP contribution in [0.1, 0.15) is 73.2 Å². The molecule has 46 heavy (non-hydrogen) atoms. The molecule has 0 aliphatic rings. The smallest absolute Gasteiger partial charge is 0.326 e. The molecule has 254 valence electrons. The Morgan fingerprint density at radius 3 is 2.26 bits per heavy atom. The fraction of sp³-hybridized carbons (Fsp3) is 0.414. The molecule has 0 saturated carbocycles. The average Bonchev–Trinajstić information content (AvgIpc) is 2.99. The van der Waals surface area contributed by atoms with Gasteiger partial charge in [0.05, 0.1) is 36.3 Å². The molecule has 0 fully saturated rings. The van der Waals surface area contributed by atoms with Gasteiger partial charge in [0.25, 0.3) is 11.8 Å². The summed E-state index contributed by atoms with van der Waals surface area (Å²) in [5.74, 6) is -7.03. The van der Waals surface area contributed by atoms with Crippen molar-refractivity contribution >= 4 is 36.1 Å². The molecule has 1 aromatic heterocycles. The van der Waals surface area contributed by atoms with Gasteiger partial charge in [-0.25, -0.2) is 19.2 Å². The van der Waals surface area contributed by atoms with Gasteiger partial charge >= 0.3 is 11.9 Å². The van der Waals surface area contributed by atoms with Crippen molar-refractivity contribution in [2.75, 3.05) is 6.67 Å². The Labute approximate surface area is 264 Å². The topological polar surface area (TPSA) is 285 Å². The van der Waals surface area contributed by atoms with Crippen LogP contribution in [0.5, 0.6) is 0 Å². The molecule has 0 radical (unpaired) electrons. The number of carboxylic acids is 2. The lowest BCUT2D eigenvalue weighted by atomic mass is 9.90. The number of aliphatic carboxylic acids is 2. The summed E-state index contributed by atoms with van der Waals surface area (Å²) < 4.78 is 14.8. The minimum Gasteiger partial charge on any atom is -0.481 e. The number of amides is 4. The third-order valence-electron chi connectivity index (χ3n) is 6.77. The molecule has 0 aliphatic heterocycles. The van der Waals surface area contributed by atoms with E-state index >= 15 is 0 Å². The first-order valence-corrected chi connectivity index (χ1v) is 13.9. The highest BCUT2D eigenvalue weighted by molar-refractivity contribution is 5.98. The van der Waals surface area contributed by atoms with Crippen molar-refractivity contribution in [3.05, 3.63) is 53.5 Å². The first-order chi connectivity index (χ1) is 20.9. The number of hydrogen-bond donors (Lipinski definition) is 8. The number of carbonyl (C=O) groups is 6. The summed E-state index contributed by atoms with van der Waals surface area (Å²) >= 11 is 0. The molecular weight excluding hydrogens is 609 g/mol. The number of hydroxylamine groups is 2. The summed E-state index contributed by atoms with van der Waals surface area (Å²) in [5.41, 5.74) is -0.233. The van der Waals surface area contributed by atoms with Crippen LogP contribution in [-0.4, -0.2) is 80.3 Å². The van der Waals surface area contributed by atoms with Gasteiger partial charge in [-0.3, -0.25) is 29.2 Å². The molecule has 12 N–H and O–H groups in total. The lowest BCUT2D eigenvalue weighted by molar-refractivity contribution is -0.168. The molecule has 3 atom stereocenters. The SMILES string of the molecule is CCCCC[C@@H](C(=O)NCNC(=O)c1cccc(-c2ccc(C(=O)N[C@@H](CC(=O)O)C(=O)O)c(F)c2)n1)[C@@H](CC)N(O)C=O.N.N. The normalized spacial score (nSPS) is 12.2. The van der Waals surface area contributed by atoms with Gasteiger partial charge < -0.3 is 38.5 Å². The van der Waals surface area contributed by atoms with Crippen LogP contribution >= 0.6 is 0 Å². The van der Waals surface area contributed by atoms with Crippen molar-refractivity contribution < 1.29 is 48.6 Å². The summed E-state index contributed by atoms with van der Waals surface area (Å²) in [5, 5.41) is 35.4. The minimum absolute atomic E-state index is 0. The van der Waals surface area contributed by atoms with E-state index in [-0.39, 0.29) is 42.3 Å². The van der Waals surface area contributed by atoms with Crippen LogP contribution in [0.2, 0.25) is 0 Å². The van der Waals surface area contributed by atoms with Crippen molar-refractivity contribution in [1.29, 1.82) is 0 Å². The highest BCUT2D eigenvalue weighted by Gasteiger charge is 2.30. The molecule has 17 heteroatoms. The molecule has 1 heterocycles. The number of aromatic nitrogens is 1. The van der Waals surface area contributed by atoms with E-state index in [1.54, 1.807) is 6.92 Å². The number of carboxylic acid groups (broad SMARTS) is 2. The lowest BCUT2D eigenvalue weighted by Gasteiger charge is -2.29. The van der Waals surface area contributed by atoms with Crippen molar-refractivity contribution in [3.8, 4) is 11.3 Å². The van der Waals surface area contributed by atoms with Crippen LogP contribution in [0.25, 0.3) is 11.3 Å². The average molecular weight is 652 g/mol. The van der Waals surface area contributed by atoms with Gasteiger partial charge in [-0.1, -0.05) is 45.2 Å². The van der Waals surface area contributed by atoms with Crippen LogP contribution in [0.3, 0.4) is 0 Å². The largest absolute Gasteiger partial charge is 0.481 e. The maximum atomic E-state index is 14.8. The van der Waals surface area contributed by atoms with Crippen LogP contribution in [0.15, 0.2) is 36.4 Å². The Bertz CT molecular complexity index is 1360. The Balaban J connectivity index is 0.0000101. The van der Waals surface area contributed by atoms with E-state index in [0.29, 0.717) is 24.3 Å². The second-order valence-electron chi connectivity index (χ2n) is 9.85. The predicted molar refractivity (Wildman–Crippen MR) is 163 cm³/mol. The summed E-state index contributed by atoms with van der Waals surface area (Å²) in [7, 11) is 0. The predicted octanol–water partition coefficient (Wildman–Crippen LogP) is 2.50. The monoisotopic (exact) mass is 651 g/mol. The molecule has 1 aromatic carbocycles. The molecule has 16 nitrogen and oxygen atoms in total. The molecule has 0 saturated heterocycles. The van der Waals surface area contributed by atoms with E-state index in [1.165, 1.54) is 24.3 Å². The van der Waals surface area contributed by atoms with Gasteiger partial charge in [-0.05, 0) is 37.1 Å². The summed E-state index contributed by atoms with van der Waals surface area (Å²) in [4.78, 5) is 75.4. The standard InChI is InChI=1S/C29H36FN5O9.2H3N/c1-3-5-6-8-19(24(4-2)35(44)16-36)26(39)31-15-32-28(41)22-10-7-9-21(33-22)17-11-12-18(20(30)13-17)27(40)34-23(29(42)43)14-25(37)38;;/h7,9-13,16,19,23-24,44H,3-6,8,14-15H2,1-2H3,(H,31,39)(H,32,41)(H,34,40)(H,37,38)(H,42,43);2*1H3/t19-,23+,24-;;/m1../s1. The van der Waals surface area contributed by atoms with Crippen LogP contribution < -0.4 is 28.3 Å². The molecule has 0 aliphatic carbocycles. The number of carbonyl (C=O) groups excluding carboxylic acids is 4. The Hall–Kier alpha value is -5.00. The number of nitrogens with zero attached hydrogens (tertiary/aromatic N) is 2. The van der Waals surface area contributed by atoms with E-state index in [4.69, 9.17) is 10.2 Å². The van der Waals surface area contributed by atoms with Crippen molar-refractivity contribution in [2.24, 2.45) is 5.92 Å². The van der Waals surface area contributed by atoms with Gasteiger partial charge in [0.2, 0.25) is 12.3 Å². The van der Waals surface area contributed by atoms with Gasteiger partial charge in [-0.15, -0.1) is 0 Å². The first-order valence-electron chi connectivity index (χ1n) is 13.9. The summed E-state index contributed by atoms with van der Waals surface area (Å²) in [6, 6.07) is 5.22. The zero-order valence-corrected chi connectivity index (χ0v) is 25.7. The third kappa shape index (κ3) is 11.8. The number of benzene rings is 1. The number of hydrogen-bond acceptors (Lipinski definition) is 10. The number of pyridine rings is 1. The van der Waals surface area contributed by atoms with E-state index < -0.39 is 65.5 Å².